The molecule has 2 rings (SSSR count). The van der Waals surface area contributed by atoms with Gasteiger partial charge in [0.25, 0.3) is 0 Å². The van der Waals surface area contributed by atoms with E-state index in [9.17, 15) is 14.5 Å². The maximum Gasteiger partial charge on any atom is 0.346 e. The fraction of sp³-hybridized carbons (Fsp3) is 0.200. The van der Waals surface area contributed by atoms with Crippen molar-refractivity contribution in [3.05, 3.63) is 58.4 Å². The van der Waals surface area contributed by atoms with Crippen LogP contribution in [0.25, 0.3) is 0 Å². The summed E-state index contributed by atoms with van der Waals surface area (Å²) in [5, 5.41) is 10.9. The van der Waals surface area contributed by atoms with E-state index < -0.39 is 16.4 Å². The Balaban J connectivity index is 2.19. The number of benzene rings is 2. The average molecular weight is 291 g/mol. The van der Waals surface area contributed by atoms with Crippen molar-refractivity contribution >= 4 is 5.69 Å². The molecule has 21 heavy (non-hydrogen) atoms. The second kappa shape index (κ2) is 6.69. The smallest absolute Gasteiger partial charge is 0.346 e. The van der Waals surface area contributed by atoms with Crippen LogP contribution in [0.5, 0.6) is 17.2 Å². The molecule has 0 aliphatic heterocycles. The predicted octanol–water partition coefficient (Wildman–Crippen LogP) is 4.32. The van der Waals surface area contributed by atoms with Crippen LogP contribution in [0.1, 0.15) is 13.3 Å². The van der Waals surface area contributed by atoms with Gasteiger partial charge >= 0.3 is 5.69 Å². The maximum absolute atomic E-state index is 13.5. The van der Waals surface area contributed by atoms with E-state index in [4.69, 9.17) is 9.47 Å². The molecule has 0 spiro atoms. The van der Waals surface area contributed by atoms with Crippen molar-refractivity contribution < 1.29 is 18.8 Å². The summed E-state index contributed by atoms with van der Waals surface area (Å²) in [6.07, 6.45) is 0.897. The number of nitrogens with zero attached hydrogens (tertiary/aromatic N) is 1. The van der Waals surface area contributed by atoms with Gasteiger partial charge in [0.2, 0.25) is 11.6 Å². The van der Waals surface area contributed by atoms with Gasteiger partial charge in [0.15, 0.2) is 0 Å². The largest absolute Gasteiger partial charge is 0.494 e. The quantitative estimate of drug-likeness (QED) is 0.587. The zero-order valence-electron chi connectivity index (χ0n) is 11.4. The fourth-order valence-corrected chi connectivity index (χ4v) is 1.71. The Kier molecular flexibility index (Phi) is 4.71. The molecule has 0 amide bonds. The Morgan fingerprint density at radius 2 is 1.81 bits per heavy atom. The van der Waals surface area contributed by atoms with Crippen molar-refractivity contribution in [1.29, 1.82) is 0 Å². The third-order valence-corrected chi connectivity index (χ3v) is 2.66. The van der Waals surface area contributed by atoms with Gasteiger partial charge < -0.3 is 9.47 Å². The molecule has 5 nitrogen and oxygen atoms in total. The molecule has 0 heterocycles. The van der Waals surface area contributed by atoms with E-state index in [1.54, 1.807) is 24.3 Å². The number of para-hydroxylation sites is 1. The van der Waals surface area contributed by atoms with Crippen LogP contribution in [0.2, 0.25) is 0 Å². The molecule has 0 atom stereocenters. The number of hydrogen-bond acceptors (Lipinski definition) is 4. The monoisotopic (exact) mass is 291 g/mol. The highest BCUT2D eigenvalue weighted by Crippen LogP contribution is 2.33. The summed E-state index contributed by atoms with van der Waals surface area (Å²) in [5.74, 6) is -0.0203. The number of nitro groups is 1. The molecule has 6 heteroatoms. The lowest BCUT2D eigenvalue weighted by molar-refractivity contribution is -0.388. The second-order valence-corrected chi connectivity index (χ2v) is 4.27. The first-order valence-corrected chi connectivity index (χ1v) is 6.45. The van der Waals surface area contributed by atoms with E-state index in [0.29, 0.717) is 18.1 Å². The average Bonchev–Trinajstić information content (AvgIpc) is 2.46. The number of ether oxygens (including phenoxy) is 2. The molecule has 2 aromatic carbocycles. The summed E-state index contributed by atoms with van der Waals surface area (Å²) in [7, 11) is 0. The molecule has 0 fully saturated rings. The molecule has 0 saturated carbocycles. The summed E-state index contributed by atoms with van der Waals surface area (Å²) in [6, 6.07) is 10.3. The van der Waals surface area contributed by atoms with Crippen LogP contribution in [-0.2, 0) is 0 Å². The van der Waals surface area contributed by atoms with Crippen LogP contribution in [0.4, 0.5) is 10.1 Å². The highest BCUT2D eigenvalue weighted by molar-refractivity contribution is 5.49. The van der Waals surface area contributed by atoms with Crippen molar-refractivity contribution in [3.8, 4) is 17.2 Å². The third-order valence-electron chi connectivity index (χ3n) is 2.66. The predicted molar refractivity (Wildman–Crippen MR) is 75.4 cm³/mol. The summed E-state index contributed by atoms with van der Waals surface area (Å²) < 4.78 is 24.3. The number of nitro benzene ring substituents is 1. The first kappa shape index (κ1) is 14.8. The van der Waals surface area contributed by atoms with Gasteiger partial charge in [-0.15, -0.1) is 0 Å². The van der Waals surface area contributed by atoms with E-state index in [1.807, 2.05) is 6.92 Å². The lowest BCUT2D eigenvalue weighted by Gasteiger charge is -2.08. The molecule has 0 bridgehead atoms. The summed E-state index contributed by atoms with van der Waals surface area (Å²) in [6.45, 7) is 2.61. The maximum atomic E-state index is 13.5. The highest BCUT2D eigenvalue weighted by atomic mass is 19.1. The van der Waals surface area contributed by atoms with Crippen molar-refractivity contribution in [1.82, 2.24) is 0 Å². The SMILES string of the molecule is CCCOc1ccc(Oc2cccc(F)c2[N+](=O)[O-])cc1. The summed E-state index contributed by atoms with van der Waals surface area (Å²) in [5.41, 5.74) is -0.677. The molecule has 0 radical (unpaired) electrons. The highest BCUT2D eigenvalue weighted by Gasteiger charge is 2.21. The zero-order chi connectivity index (χ0) is 15.2. The van der Waals surface area contributed by atoms with E-state index in [2.05, 4.69) is 0 Å². The van der Waals surface area contributed by atoms with E-state index in [-0.39, 0.29) is 5.75 Å². The molecular formula is C15H14FNO4. The molecular weight excluding hydrogens is 277 g/mol. The van der Waals surface area contributed by atoms with E-state index >= 15 is 0 Å². The number of hydrogen-bond donors (Lipinski definition) is 0. The number of halogens is 1. The van der Waals surface area contributed by atoms with Crippen molar-refractivity contribution in [2.45, 2.75) is 13.3 Å². The molecule has 0 unspecified atom stereocenters. The molecule has 0 aliphatic carbocycles. The Hall–Kier alpha value is -2.63. The van der Waals surface area contributed by atoms with E-state index in [0.717, 1.165) is 12.5 Å². The second-order valence-electron chi connectivity index (χ2n) is 4.27. The molecule has 0 aromatic heterocycles. The van der Waals surface area contributed by atoms with Crippen LogP contribution in [0, 0.1) is 15.9 Å². The van der Waals surface area contributed by atoms with Gasteiger partial charge in [0.1, 0.15) is 11.5 Å². The third kappa shape index (κ3) is 3.68. The van der Waals surface area contributed by atoms with Gasteiger partial charge in [0, 0.05) is 0 Å². The summed E-state index contributed by atoms with van der Waals surface area (Å²) in [4.78, 5) is 10.1. The van der Waals surface area contributed by atoms with Crippen LogP contribution >= 0.6 is 0 Å². The Bertz CT molecular complexity index is 628. The summed E-state index contributed by atoms with van der Waals surface area (Å²) >= 11 is 0. The minimum atomic E-state index is -0.930. The minimum Gasteiger partial charge on any atom is -0.494 e. The first-order valence-electron chi connectivity index (χ1n) is 6.45. The molecule has 0 aliphatic rings. The van der Waals surface area contributed by atoms with Gasteiger partial charge in [-0.25, -0.2) is 0 Å². The lowest BCUT2D eigenvalue weighted by Crippen LogP contribution is -1.97. The Labute approximate surface area is 121 Å². The van der Waals surface area contributed by atoms with Gasteiger partial charge in [-0.3, -0.25) is 10.1 Å². The number of rotatable bonds is 6. The van der Waals surface area contributed by atoms with Gasteiger partial charge in [-0.1, -0.05) is 13.0 Å². The molecule has 110 valence electrons. The van der Waals surface area contributed by atoms with Crippen molar-refractivity contribution in [3.63, 3.8) is 0 Å². The standard InChI is InChI=1S/C15H14FNO4/c1-2-10-20-11-6-8-12(9-7-11)21-14-5-3-4-13(16)15(14)17(18)19/h3-9H,2,10H2,1H3. The molecule has 0 saturated heterocycles. The van der Waals surface area contributed by atoms with Gasteiger partial charge in [-0.2, -0.15) is 4.39 Å². The van der Waals surface area contributed by atoms with E-state index in [1.165, 1.54) is 12.1 Å². The van der Waals surface area contributed by atoms with Crippen molar-refractivity contribution in [2.75, 3.05) is 6.61 Å². The minimum absolute atomic E-state index is 0.137. The van der Waals surface area contributed by atoms with Crippen molar-refractivity contribution in [2.24, 2.45) is 0 Å². The fourth-order valence-electron chi connectivity index (χ4n) is 1.71. The van der Waals surface area contributed by atoms with Crippen LogP contribution in [-0.4, -0.2) is 11.5 Å². The Morgan fingerprint density at radius 1 is 1.14 bits per heavy atom. The zero-order valence-corrected chi connectivity index (χ0v) is 11.4. The normalized spacial score (nSPS) is 10.2. The molecule has 0 N–H and O–H groups in total. The van der Waals surface area contributed by atoms with Crippen LogP contribution in [0.15, 0.2) is 42.5 Å². The van der Waals surface area contributed by atoms with Crippen LogP contribution < -0.4 is 9.47 Å². The Morgan fingerprint density at radius 3 is 2.43 bits per heavy atom. The van der Waals surface area contributed by atoms with Gasteiger partial charge in [-0.05, 0) is 42.8 Å². The topological polar surface area (TPSA) is 61.6 Å². The lowest BCUT2D eigenvalue weighted by atomic mass is 10.2. The molecule has 2 aromatic rings. The van der Waals surface area contributed by atoms with Crippen LogP contribution in [0.3, 0.4) is 0 Å². The van der Waals surface area contributed by atoms with Gasteiger partial charge in [0.05, 0.1) is 11.5 Å². The first-order chi connectivity index (χ1) is 10.1.